The summed E-state index contributed by atoms with van der Waals surface area (Å²) in [5, 5.41) is 21.2. The lowest BCUT2D eigenvalue weighted by Crippen LogP contribution is -2.45. The molecule has 0 aromatic carbocycles. The van der Waals surface area contributed by atoms with Crippen molar-refractivity contribution in [1.82, 2.24) is 5.32 Å². The maximum Gasteiger partial charge on any atom is 0.307 e. The van der Waals surface area contributed by atoms with Gasteiger partial charge in [0.2, 0.25) is 5.91 Å². The number of rotatable bonds is 6. The van der Waals surface area contributed by atoms with Crippen LogP contribution in [0, 0.1) is 17.8 Å². The molecule has 0 aliphatic heterocycles. The molecule has 1 amide bonds. The van der Waals surface area contributed by atoms with E-state index in [1.807, 2.05) is 13.8 Å². The van der Waals surface area contributed by atoms with Gasteiger partial charge in [0.25, 0.3) is 0 Å². The zero-order valence-electron chi connectivity index (χ0n) is 11.8. The van der Waals surface area contributed by atoms with Crippen LogP contribution in [0.2, 0.25) is 0 Å². The summed E-state index contributed by atoms with van der Waals surface area (Å²) in [7, 11) is 0. The van der Waals surface area contributed by atoms with Crippen molar-refractivity contribution in [3.05, 3.63) is 0 Å². The Balaban J connectivity index is 2.61. The number of amides is 1. The molecule has 1 aliphatic carbocycles. The number of nitrogens with one attached hydrogen (secondary N) is 1. The Bertz CT molecular complexity index is 317. The van der Waals surface area contributed by atoms with E-state index in [0.717, 1.165) is 12.8 Å². The highest BCUT2D eigenvalue weighted by Gasteiger charge is 2.36. The van der Waals surface area contributed by atoms with Gasteiger partial charge in [-0.3, -0.25) is 9.59 Å². The van der Waals surface area contributed by atoms with Gasteiger partial charge in [-0.05, 0) is 25.2 Å². The van der Waals surface area contributed by atoms with Crippen LogP contribution in [0.1, 0.15) is 46.0 Å². The number of hydrogen-bond acceptors (Lipinski definition) is 3. The zero-order chi connectivity index (χ0) is 14.4. The summed E-state index contributed by atoms with van der Waals surface area (Å²) in [6.45, 7) is 3.94. The minimum Gasteiger partial charge on any atom is -0.481 e. The molecule has 3 N–H and O–H groups in total. The Morgan fingerprint density at radius 1 is 1.21 bits per heavy atom. The second kappa shape index (κ2) is 7.48. The van der Waals surface area contributed by atoms with E-state index in [4.69, 9.17) is 5.11 Å². The lowest BCUT2D eigenvalue weighted by atomic mass is 9.78. The van der Waals surface area contributed by atoms with E-state index in [2.05, 4.69) is 5.32 Å². The Morgan fingerprint density at radius 2 is 1.79 bits per heavy atom. The number of aliphatic hydroxyl groups excluding tert-OH is 1. The molecule has 1 saturated carbocycles. The fourth-order valence-corrected chi connectivity index (χ4v) is 2.80. The van der Waals surface area contributed by atoms with Gasteiger partial charge in [0.15, 0.2) is 0 Å². The highest BCUT2D eigenvalue weighted by Crippen LogP contribution is 2.30. The molecule has 5 nitrogen and oxygen atoms in total. The van der Waals surface area contributed by atoms with Crippen molar-refractivity contribution in [2.24, 2.45) is 17.8 Å². The molecular formula is C14H25NO4. The molecule has 0 spiro atoms. The second-order valence-electron chi connectivity index (χ2n) is 5.85. The number of carbonyl (C=O) groups excluding carboxylic acids is 1. The summed E-state index contributed by atoms with van der Waals surface area (Å²) in [6.07, 6.45) is 3.67. The average Bonchev–Trinajstić information content (AvgIpc) is 2.37. The highest BCUT2D eigenvalue weighted by molar-refractivity contribution is 5.85. The lowest BCUT2D eigenvalue weighted by Gasteiger charge is -2.29. The summed E-state index contributed by atoms with van der Waals surface area (Å²) in [5.41, 5.74) is 0. The maximum absolute atomic E-state index is 12.2. The van der Waals surface area contributed by atoms with Gasteiger partial charge in [0, 0.05) is 0 Å². The highest BCUT2D eigenvalue weighted by atomic mass is 16.4. The minimum absolute atomic E-state index is 0.103. The number of aliphatic carboxylic acids is 1. The van der Waals surface area contributed by atoms with Crippen LogP contribution in [0.15, 0.2) is 0 Å². The third kappa shape index (κ3) is 4.82. The first-order chi connectivity index (χ1) is 8.95. The van der Waals surface area contributed by atoms with E-state index in [9.17, 15) is 14.7 Å². The van der Waals surface area contributed by atoms with Crippen LogP contribution in [0.5, 0.6) is 0 Å². The molecule has 110 valence electrons. The first-order valence-electron chi connectivity index (χ1n) is 7.09. The van der Waals surface area contributed by atoms with E-state index in [0.29, 0.717) is 25.2 Å². The van der Waals surface area contributed by atoms with Crippen LogP contribution < -0.4 is 5.32 Å². The Hall–Kier alpha value is -1.10. The number of aliphatic hydroxyl groups is 1. The molecule has 5 heteroatoms. The largest absolute Gasteiger partial charge is 0.481 e. The van der Waals surface area contributed by atoms with Crippen molar-refractivity contribution in [2.75, 3.05) is 6.61 Å². The third-order valence-corrected chi connectivity index (χ3v) is 3.74. The summed E-state index contributed by atoms with van der Waals surface area (Å²) in [4.78, 5) is 23.4. The van der Waals surface area contributed by atoms with Gasteiger partial charge in [-0.25, -0.2) is 0 Å². The van der Waals surface area contributed by atoms with Crippen molar-refractivity contribution in [2.45, 2.75) is 52.0 Å². The van der Waals surface area contributed by atoms with E-state index >= 15 is 0 Å². The molecule has 0 heterocycles. The van der Waals surface area contributed by atoms with Crippen LogP contribution in [0.4, 0.5) is 0 Å². The van der Waals surface area contributed by atoms with Gasteiger partial charge < -0.3 is 15.5 Å². The van der Waals surface area contributed by atoms with Gasteiger partial charge in [-0.15, -0.1) is 0 Å². The number of carbonyl (C=O) groups is 2. The predicted octanol–water partition coefficient (Wildman–Crippen LogP) is 1.40. The fourth-order valence-electron chi connectivity index (χ4n) is 2.80. The van der Waals surface area contributed by atoms with Gasteiger partial charge in [0.05, 0.1) is 24.5 Å². The molecular weight excluding hydrogens is 246 g/mol. The SMILES string of the molecule is CC(C)CC(CO)NC(=O)[C@@H]1CCCC[C@@H]1C(=O)O. The number of carboxylic acid groups (broad SMARTS) is 1. The van der Waals surface area contributed by atoms with E-state index in [1.54, 1.807) is 0 Å². The van der Waals surface area contributed by atoms with Crippen LogP contribution in [0.25, 0.3) is 0 Å². The average molecular weight is 271 g/mol. The fraction of sp³-hybridized carbons (Fsp3) is 0.857. The van der Waals surface area contributed by atoms with Crippen LogP contribution in [-0.4, -0.2) is 34.7 Å². The van der Waals surface area contributed by atoms with Crippen LogP contribution in [-0.2, 0) is 9.59 Å². The summed E-state index contributed by atoms with van der Waals surface area (Å²) in [5.74, 6) is -1.75. The smallest absolute Gasteiger partial charge is 0.307 e. The topological polar surface area (TPSA) is 86.6 Å². The standard InChI is InChI=1S/C14H25NO4/c1-9(2)7-10(8-16)15-13(17)11-5-3-4-6-12(11)14(18)19/h9-12,16H,3-8H2,1-2H3,(H,15,17)(H,18,19)/t10?,11-,12+/m1/s1. The van der Waals surface area contributed by atoms with E-state index in [1.165, 1.54) is 0 Å². The summed E-state index contributed by atoms with van der Waals surface area (Å²) >= 11 is 0. The molecule has 0 aromatic heterocycles. The van der Waals surface area contributed by atoms with Crippen molar-refractivity contribution >= 4 is 11.9 Å². The number of carboxylic acids is 1. The van der Waals surface area contributed by atoms with Gasteiger partial charge in [0.1, 0.15) is 0 Å². The molecule has 1 fully saturated rings. The number of hydrogen-bond donors (Lipinski definition) is 3. The summed E-state index contributed by atoms with van der Waals surface area (Å²) in [6, 6.07) is -0.274. The predicted molar refractivity (Wildman–Crippen MR) is 71.6 cm³/mol. The molecule has 19 heavy (non-hydrogen) atoms. The van der Waals surface area contributed by atoms with Crippen LogP contribution >= 0.6 is 0 Å². The first kappa shape index (κ1) is 16.0. The molecule has 0 radical (unpaired) electrons. The van der Waals surface area contributed by atoms with Gasteiger partial charge in [-0.1, -0.05) is 26.7 Å². The van der Waals surface area contributed by atoms with Crippen molar-refractivity contribution in [1.29, 1.82) is 0 Å². The molecule has 1 unspecified atom stereocenters. The van der Waals surface area contributed by atoms with E-state index < -0.39 is 17.8 Å². The quantitative estimate of drug-likeness (QED) is 0.681. The maximum atomic E-state index is 12.2. The Labute approximate surface area is 114 Å². The second-order valence-corrected chi connectivity index (χ2v) is 5.85. The van der Waals surface area contributed by atoms with Crippen molar-refractivity contribution in [3.8, 4) is 0 Å². The molecule has 1 rings (SSSR count). The zero-order valence-corrected chi connectivity index (χ0v) is 11.8. The molecule has 0 bridgehead atoms. The molecule has 0 aromatic rings. The monoisotopic (exact) mass is 271 g/mol. The van der Waals surface area contributed by atoms with Crippen molar-refractivity contribution in [3.63, 3.8) is 0 Å². The van der Waals surface area contributed by atoms with Gasteiger partial charge >= 0.3 is 5.97 Å². The Morgan fingerprint density at radius 3 is 2.26 bits per heavy atom. The molecule has 3 atom stereocenters. The summed E-state index contributed by atoms with van der Waals surface area (Å²) < 4.78 is 0. The van der Waals surface area contributed by atoms with E-state index in [-0.39, 0.29) is 18.6 Å². The lowest BCUT2D eigenvalue weighted by molar-refractivity contribution is -0.149. The van der Waals surface area contributed by atoms with Crippen molar-refractivity contribution < 1.29 is 19.8 Å². The minimum atomic E-state index is -0.885. The van der Waals surface area contributed by atoms with Crippen LogP contribution in [0.3, 0.4) is 0 Å². The Kier molecular flexibility index (Phi) is 6.28. The first-order valence-corrected chi connectivity index (χ1v) is 7.09. The normalized spacial score (nSPS) is 25.1. The van der Waals surface area contributed by atoms with Gasteiger partial charge in [-0.2, -0.15) is 0 Å². The molecule has 1 aliphatic rings. The third-order valence-electron chi connectivity index (χ3n) is 3.74. The molecule has 0 saturated heterocycles.